The van der Waals surface area contributed by atoms with E-state index in [4.69, 9.17) is 28.5 Å². The predicted molar refractivity (Wildman–Crippen MR) is 179 cm³/mol. The van der Waals surface area contributed by atoms with Crippen LogP contribution in [0.15, 0.2) is 75.3 Å². The Labute approximate surface area is 279 Å². The number of hydrogen-bond donors (Lipinski definition) is 1. The molecule has 252 valence electrons. The first-order valence-corrected chi connectivity index (χ1v) is 17.5. The number of nitrogens with zero attached hydrogens (tertiary/aromatic N) is 3. The SMILES string of the molecule is Cc1cn(C2C[C@@H](OP(OCCC#N)N(C(C)C)C(C)C)C(COC(=O)Oc3ccc(SCc4ccccc4)cc3)O2)c(=O)[nH]c1=O. The molecule has 1 fully saturated rings. The summed E-state index contributed by atoms with van der Waals surface area (Å²) in [4.78, 5) is 40.8. The third-order valence-electron chi connectivity index (χ3n) is 7.16. The Bertz CT molecular complexity index is 1600. The zero-order chi connectivity index (χ0) is 33.9. The summed E-state index contributed by atoms with van der Waals surface area (Å²) in [6.07, 6.45) is -1.36. The molecule has 1 aliphatic rings. The van der Waals surface area contributed by atoms with Crippen LogP contribution in [0.3, 0.4) is 0 Å². The van der Waals surface area contributed by atoms with Crippen LogP contribution in [0.5, 0.6) is 5.75 Å². The van der Waals surface area contributed by atoms with Gasteiger partial charge in [0.1, 0.15) is 24.7 Å². The van der Waals surface area contributed by atoms with E-state index in [1.165, 1.54) is 16.3 Å². The van der Waals surface area contributed by atoms with Crippen LogP contribution in [-0.4, -0.2) is 57.9 Å². The summed E-state index contributed by atoms with van der Waals surface area (Å²) in [6.45, 7) is 9.62. The molecule has 1 aliphatic heterocycles. The van der Waals surface area contributed by atoms with Crippen molar-refractivity contribution in [2.45, 2.75) is 88.6 Å². The second-order valence-corrected chi connectivity index (χ2v) is 13.9. The first-order chi connectivity index (χ1) is 22.5. The van der Waals surface area contributed by atoms with Gasteiger partial charge in [0.05, 0.1) is 25.2 Å². The zero-order valence-corrected chi connectivity index (χ0v) is 28.9. The number of rotatable bonds is 15. The maximum absolute atomic E-state index is 12.7. The molecule has 3 aromatic rings. The minimum absolute atomic E-state index is 0.0542. The molecule has 4 atom stereocenters. The molecule has 0 radical (unpaired) electrons. The molecule has 47 heavy (non-hydrogen) atoms. The highest BCUT2D eigenvalue weighted by Crippen LogP contribution is 2.50. The summed E-state index contributed by atoms with van der Waals surface area (Å²) < 4.78 is 33.1. The lowest BCUT2D eigenvalue weighted by molar-refractivity contribution is -0.0518. The molecular weight excluding hydrogens is 643 g/mol. The Morgan fingerprint density at radius 1 is 1.13 bits per heavy atom. The average Bonchev–Trinajstić information content (AvgIpc) is 3.43. The number of H-pyrrole nitrogens is 1. The van der Waals surface area contributed by atoms with E-state index < -0.39 is 44.4 Å². The number of nitrogens with one attached hydrogen (secondary N) is 1. The molecule has 0 amide bonds. The van der Waals surface area contributed by atoms with Gasteiger partial charge < -0.3 is 23.3 Å². The molecule has 2 aromatic carbocycles. The van der Waals surface area contributed by atoms with E-state index >= 15 is 0 Å². The van der Waals surface area contributed by atoms with E-state index in [2.05, 4.69) is 27.9 Å². The second-order valence-electron chi connectivity index (χ2n) is 11.4. The molecule has 0 bridgehead atoms. The fraction of sp³-hybridized carbons (Fsp3) is 0.455. The summed E-state index contributed by atoms with van der Waals surface area (Å²) in [5, 5.41) is 9.08. The lowest BCUT2D eigenvalue weighted by Crippen LogP contribution is -2.37. The molecule has 0 aliphatic carbocycles. The van der Waals surface area contributed by atoms with Gasteiger partial charge in [0.25, 0.3) is 14.1 Å². The Morgan fingerprint density at radius 2 is 1.83 bits per heavy atom. The number of aryl methyl sites for hydroxylation is 1. The van der Waals surface area contributed by atoms with Crippen molar-refractivity contribution in [2.75, 3.05) is 13.2 Å². The summed E-state index contributed by atoms with van der Waals surface area (Å²) in [5.41, 5.74) is 0.435. The van der Waals surface area contributed by atoms with Gasteiger partial charge in [0, 0.05) is 40.9 Å². The van der Waals surface area contributed by atoms with E-state index in [1.807, 2.05) is 58.0 Å². The Hall–Kier alpha value is -3.50. The van der Waals surface area contributed by atoms with Crippen LogP contribution in [0.2, 0.25) is 0 Å². The van der Waals surface area contributed by atoms with Gasteiger partial charge in [-0.25, -0.2) is 14.3 Å². The zero-order valence-electron chi connectivity index (χ0n) is 27.2. The molecular formula is C33H41N4O8PS. The number of benzene rings is 2. The first kappa shape index (κ1) is 36.3. The van der Waals surface area contributed by atoms with Gasteiger partial charge in [-0.15, -0.1) is 11.8 Å². The molecule has 12 nitrogen and oxygen atoms in total. The van der Waals surface area contributed by atoms with E-state index in [-0.39, 0.29) is 38.1 Å². The fourth-order valence-electron chi connectivity index (χ4n) is 4.96. The molecule has 1 N–H and O–H groups in total. The molecule has 3 unspecified atom stereocenters. The summed E-state index contributed by atoms with van der Waals surface area (Å²) in [5.74, 6) is 1.14. The van der Waals surface area contributed by atoms with Crippen molar-refractivity contribution in [3.05, 3.63) is 92.8 Å². The molecule has 14 heteroatoms. The van der Waals surface area contributed by atoms with Crippen molar-refractivity contribution in [1.29, 1.82) is 5.26 Å². The minimum Gasteiger partial charge on any atom is -0.431 e. The van der Waals surface area contributed by atoms with Gasteiger partial charge in [-0.2, -0.15) is 5.26 Å². The van der Waals surface area contributed by atoms with Gasteiger partial charge in [0.2, 0.25) is 0 Å². The topological polar surface area (TPSA) is 145 Å². The number of nitriles is 1. The van der Waals surface area contributed by atoms with E-state index in [0.29, 0.717) is 11.3 Å². The van der Waals surface area contributed by atoms with Crippen LogP contribution >= 0.6 is 20.3 Å². The fourth-order valence-corrected chi connectivity index (χ4v) is 7.58. The summed E-state index contributed by atoms with van der Waals surface area (Å²) >= 11 is 1.67. The van der Waals surface area contributed by atoms with E-state index in [9.17, 15) is 14.4 Å². The van der Waals surface area contributed by atoms with Crippen LogP contribution in [0.4, 0.5) is 4.79 Å². The third-order valence-corrected chi connectivity index (χ3v) is 10.4. The maximum atomic E-state index is 12.7. The number of carbonyl (C=O) groups excluding carboxylic acids is 1. The van der Waals surface area contributed by atoms with Crippen molar-refractivity contribution in [1.82, 2.24) is 14.2 Å². The standard InChI is InChI=1S/C33H41N4O8PS/c1-22(2)37(23(3)4)46(42-17-9-16-34)45-28-18-30(36-19-24(5)31(38)35-32(36)39)44-29(28)20-41-33(40)43-26-12-14-27(15-13-26)47-21-25-10-7-6-8-11-25/h6-8,10-15,19,22-23,28-30H,9,17-18,20-21H2,1-5H3,(H,35,38,39)/t28-,29?,30?,46?/m1/s1. The van der Waals surface area contributed by atoms with E-state index in [0.717, 1.165) is 10.6 Å². The summed E-state index contributed by atoms with van der Waals surface area (Å²) in [7, 11) is -1.66. The first-order valence-electron chi connectivity index (χ1n) is 15.4. The smallest absolute Gasteiger partial charge is 0.431 e. The van der Waals surface area contributed by atoms with Crippen molar-refractivity contribution in [2.24, 2.45) is 0 Å². The number of aromatic nitrogens is 2. The molecule has 1 aromatic heterocycles. The number of carbonyl (C=O) groups is 1. The quantitative estimate of drug-likeness (QED) is 0.0633. The largest absolute Gasteiger partial charge is 0.513 e. The average molecular weight is 685 g/mol. The van der Waals surface area contributed by atoms with Crippen LogP contribution in [0.1, 0.15) is 57.9 Å². The predicted octanol–water partition coefficient (Wildman–Crippen LogP) is 6.30. The molecule has 0 spiro atoms. The highest BCUT2D eigenvalue weighted by molar-refractivity contribution is 7.98. The number of hydrogen-bond acceptors (Lipinski definition) is 11. The molecule has 4 rings (SSSR count). The highest BCUT2D eigenvalue weighted by atomic mass is 32.2. The number of aromatic amines is 1. The van der Waals surface area contributed by atoms with Gasteiger partial charge in [-0.1, -0.05) is 30.3 Å². The van der Waals surface area contributed by atoms with Crippen molar-refractivity contribution in [3.63, 3.8) is 0 Å². The Balaban J connectivity index is 1.45. The van der Waals surface area contributed by atoms with Crippen LogP contribution in [0, 0.1) is 18.3 Å². The van der Waals surface area contributed by atoms with Crippen molar-refractivity contribution in [3.8, 4) is 11.8 Å². The Kier molecular flexibility index (Phi) is 13.6. The summed E-state index contributed by atoms with van der Waals surface area (Å²) in [6, 6.07) is 19.5. The lowest BCUT2D eigenvalue weighted by Gasteiger charge is -2.37. The number of thioether (sulfide) groups is 1. The Morgan fingerprint density at radius 3 is 2.49 bits per heavy atom. The van der Waals surface area contributed by atoms with Gasteiger partial charge >= 0.3 is 11.8 Å². The van der Waals surface area contributed by atoms with E-state index in [1.54, 1.807) is 30.8 Å². The lowest BCUT2D eigenvalue weighted by atomic mass is 10.2. The molecule has 2 heterocycles. The monoisotopic (exact) mass is 684 g/mol. The second kappa shape index (κ2) is 17.6. The normalized spacial score (nSPS) is 18.4. The van der Waals surface area contributed by atoms with Crippen molar-refractivity contribution >= 4 is 26.4 Å². The number of ether oxygens (including phenoxy) is 3. The molecule has 1 saturated heterocycles. The van der Waals surface area contributed by atoms with Gasteiger partial charge in [-0.3, -0.25) is 14.3 Å². The van der Waals surface area contributed by atoms with Crippen LogP contribution in [-0.2, 0) is 24.3 Å². The third kappa shape index (κ3) is 10.5. The van der Waals surface area contributed by atoms with Crippen LogP contribution in [0.25, 0.3) is 0 Å². The minimum atomic E-state index is -1.66. The van der Waals surface area contributed by atoms with Gasteiger partial charge in [0.15, 0.2) is 0 Å². The highest BCUT2D eigenvalue weighted by Gasteiger charge is 2.42. The maximum Gasteiger partial charge on any atom is 0.513 e. The molecule has 0 saturated carbocycles. The van der Waals surface area contributed by atoms with Crippen molar-refractivity contribution < 1.29 is 28.1 Å². The van der Waals surface area contributed by atoms with Crippen LogP contribution < -0.4 is 16.0 Å². The van der Waals surface area contributed by atoms with Gasteiger partial charge in [-0.05, 0) is 64.4 Å².